The molecule has 1 fully saturated rings. The van der Waals surface area contributed by atoms with Crippen LogP contribution in [0.25, 0.3) is 11.0 Å². The fourth-order valence-electron chi connectivity index (χ4n) is 5.95. The average molecular weight is 645 g/mol. The second-order valence-electron chi connectivity index (χ2n) is 10.6. The highest BCUT2D eigenvalue weighted by molar-refractivity contribution is 7.32. The van der Waals surface area contributed by atoms with Crippen LogP contribution in [0, 0.1) is 10.1 Å². The molecular weight excluding hydrogens is 613 g/mol. The Morgan fingerprint density at radius 2 is 1.54 bits per heavy atom. The molecule has 236 valence electrons. The Morgan fingerprint density at radius 1 is 0.935 bits per heavy atom. The molecule has 0 saturated carbocycles. The van der Waals surface area contributed by atoms with Crippen LogP contribution in [0.1, 0.15) is 29.3 Å². The third-order valence-electron chi connectivity index (χ3n) is 8.13. The lowest BCUT2D eigenvalue weighted by Gasteiger charge is -2.37. The minimum atomic E-state index is -2.97. The molecule has 1 aliphatic rings. The number of ether oxygens (including phenoxy) is 4. The summed E-state index contributed by atoms with van der Waals surface area (Å²) < 4.78 is 43.3. The van der Waals surface area contributed by atoms with Crippen molar-refractivity contribution in [2.75, 3.05) is 20.8 Å². The van der Waals surface area contributed by atoms with Gasteiger partial charge in [0.15, 0.2) is 5.52 Å². The van der Waals surface area contributed by atoms with Gasteiger partial charge in [-0.25, -0.2) is 4.98 Å². The van der Waals surface area contributed by atoms with Crippen molar-refractivity contribution in [2.24, 2.45) is 0 Å². The van der Waals surface area contributed by atoms with Gasteiger partial charge in [-0.3, -0.25) is 10.1 Å². The van der Waals surface area contributed by atoms with Gasteiger partial charge in [0.2, 0.25) is 0 Å². The molecule has 0 amide bonds. The molecule has 1 unspecified atom stereocenters. The maximum absolute atomic E-state index is 11.9. The molecule has 0 bridgehead atoms. The second kappa shape index (κ2) is 13.3. The van der Waals surface area contributed by atoms with Crippen molar-refractivity contribution in [1.82, 2.24) is 9.55 Å². The lowest BCUT2D eigenvalue weighted by Crippen LogP contribution is -2.38. The van der Waals surface area contributed by atoms with Crippen LogP contribution in [0.15, 0.2) is 103 Å². The molecule has 6 rings (SSSR count). The molecule has 1 N–H and O–H groups in total. The summed E-state index contributed by atoms with van der Waals surface area (Å²) in [6.07, 6.45) is -0.701. The Kier molecular flexibility index (Phi) is 9.07. The standard InChI is InChI=1S/C33H30N3O9P/c1-41-25-15-11-23(12-16-25)33(22-7-4-3-5-8-22,24-13-17-26(42-2)18-14-24)43-20-30-29(45-46(39)40)19-31(44-30)35-21-34-32-27(35)9-6-10-28(32)36(37)38/h3-18,21,29-31H,19-20H2,1-2H3/p+1/t29-,30+,31+/m0/s1. The first kappa shape index (κ1) is 31.3. The fourth-order valence-corrected chi connectivity index (χ4v) is 6.40. The first-order valence-electron chi connectivity index (χ1n) is 14.4. The van der Waals surface area contributed by atoms with Crippen LogP contribution in [-0.2, 0) is 24.2 Å². The van der Waals surface area contributed by atoms with Crippen LogP contribution in [0.3, 0.4) is 0 Å². The monoisotopic (exact) mass is 644 g/mol. The molecule has 4 atom stereocenters. The van der Waals surface area contributed by atoms with E-state index >= 15 is 0 Å². The van der Waals surface area contributed by atoms with E-state index in [0.29, 0.717) is 17.0 Å². The van der Waals surface area contributed by atoms with Crippen molar-refractivity contribution in [1.29, 1.82) is 0 Å². The zero-order valence-corrected chi connectivity index (χ0v) is 25.9. The molecule has 0 spiro atoms. The van der Waals surface area contributed by atoms with Gasteiger partial charge in [0, 0.05) is 17.1 Å². The van der Waals surface area contributed by atoms with Gasteiger partial charge >= 0.3 is 8.25 Å². The normalized spacial score (nSPS) is 18.4. The lowest BCUT2D eigenvalue weighted by atomic mass is 9.80. The first-order valence-corrected chi connectivity index (χ1v) is 15.5. The first-order chi connectivity index (χ1) is 22.3. The molecule has 13 heteroatoms. The topological polar surface area (TPSA) is 144 Å². The van der Waals surface area contributed by atoms with E-state index in [1.165, 1.54) is 12.4 Å². The molecule has 2 heterocycles. The molecule has 12 nitrogen and oxygen atoms in total. The van der Waals surface area contributed by atoms with Crippen molar-refractivity contribution in [3.05, 3.63) is 130 Å². The van der Waals surface area contributed by atoms with Gasteiger partial charge in [-0.2, -0.15) is 0 Å². The van der Waals surface area contributed by atoms with Gasteiger partial charge < -0.3 is 23.5 Å². The van der Waals surface area contributed by atoms with Crippen molar-refractivity contribution >= 4 is 25.0 Å². The zero-order valence-electron chi connectivity index (χ0n) is 25.0. The lowest BCUT2D eigenvalue weighted by molar-refractivity contribution is -0.383. The number of rotatable bonds is 12. The SMILES string of the molecule is COc1ccc(C(OC[C@H]2O[C@@H](n3cnc4c([N+](=O)[O-])cccc43)C[C@@H]2O[P+](=O)O)(c2ccccc2)c2ccc(OC)cc2)cc1. The Balaban J connectivity index is 1.40. The molecule has 1 aliphatic heterocycles. The Bertz CT molecular complexity index is 1780. The van der Waals surface area contributed by atoms with Crippen LogP contribution >= 0.6 is 8.25 Å². The van der Waals surface area contributed by atoms with E-state index < -0.39 is 37.2 Å². The zero-order chi connectivity index (χ0) is 32.3. The number of benzene rings is 4. The number of para-hydroxylation sites is 1. The highest BCUT2D eigenvalue weighted by Gasteiger charge is 2.46. The number of nitro groups is 1. The summed E-state index contributed by atoms with van der Waals surface area (Å²) in [5.41, 5.74) is 1.85. The highest BCUT2D eigenvalue weighted by Crippen LogP contribution is 2.44. The van der Waals surface area contributed by atoms with E-state index in [1.54, 1.807) is 30.9 Å². The predicted molar refractivity (Wildman–Crippen MR) is 168 cm³/mol. The number of nitrogens with zero attached hydrogens (tertiary/aromatic N) is 3. The molecule has 5 aromatic rings. The molecule has 0 radical (unpaired) electrons. The predicted octanol–water partition coefficient (Wildman–Crippen LogP) is 6.29. The van der Waals surface area contributed by atoms with E-state index in [4.69, 9.17) is 23.5 Å². The summed E-state index contributed by atoms with van der Waals surface area (Å²) in [7, 11) is 0.224. The quantitative estimate of drug-likeness (QED) is 0.0712. The van der Waals surface area contributed by atoms with Crippen molar-refractivity contribution in [2.45, 2.75) is 30.5 Å². The molecule has 1 saturated heterocycles. The summed E-state index contributed by atoms with van der Waals surface area (Å²) in [6.45, 7) is -0.0515. The number of fused-ring (bicyclic) bond motifs is 1. The van der Waals surface area contributed by atoms with Crippen LogP contribution in [0.4, 0.5) is 5.69 Å². The third-order valence-corrected chi connectivity index (χ3v) is 8.58. The van der Waals surface area contributed by atoms with Crippen LogP contribution in [0.2, 0.25) is 0 Å². The third kappa shape index (κ3) is 5.96. The van der Waals surface area contributed by atoms with Crippen LogP contribution in [0.5, 0.6) is 11.5 Å². The Hall–Kier alpha value is -4.71. The maximum atomic E-state index is 11.9. The molecule has 46 heavy (non-hydrogen) atoms. The summed E-state index contributed by atoms with van der Waals surface area (Å²) in [6, 6.07) is 29.5. The van der Waals surface area contributed by atoms with Crippen LogP contribution < -0.4 is 9.47 Å². The van der Waals surface area contributed by atoms with E-state index in [0.717, 1.165) is 16.7 Å². The van der Waals surface area contributed by atoms with Gasteiger partial charge in [0.05, 0.1) is 37.6 Å². The summed E-state index contributed by atoms with van der Waals surface area (Å²) in [4.78, 5) is 25.1. The summed E-state index contributed by atoms with van der Waals surface area (Å²) in [5, 5.41) is 11.6. The smallest absolute Gasteiger partial charge is 0.497 e. The molecular formula is C33H31N3O9P+. The van der Waals surface area contributed by atoms with E-state index in [9.17, 15) is 19.6 Å². The highest BCUT2D eigenvalue weighted by atomic mass is 31.1. The minimum Gasteiger partial charge on any atom is -0.497 e. The fraction of sp³-hybridized carbons (Fsp3) is 0.242. The van der Waals surface area contributed by atoms with Gasteiger partial charge in [-0.1, -0.05) is 60.7 Å². The largest absolute Gasteiger partial charge is 0.695 e. The summed E-state index contributed by atoms with van der Waals surface area (Å²) >= 11 is 0. The molecule has 1 aromatic heterocycles. The number of aromatic nitrogens is 2. The molecule has 0 aliphatic carbocycles. The second-order valence-corrected chi connectivity index (χ2v) is 11.3. The molecule has 4 aromatic carbocycles. The number of non-ortho nitro benzene ring substituents is 1. The number of imidazole rings is 1. The van der Waals surface area contributed by atoms with Crippen LogP contribution in [-0.4, -0.2) is 52.4 Å². The average Bonchev–Trinajstić information content (AvgIpc) is 3.69. The van der Waals surface area contributed by atoms with Crippen molar-refractivity contribution in [3.63, 3.8) is 0 Å². The van der Waals surface area contributed by atoms with Crippen molar-refractivity contribution in [3.8, 4) is 11.5 Å². The Labute approximate surface area is 265 Å². The van der Waals surface area contributed by atoms with E-state index in [2.05, 4.69) is 4.98 Å². The number of hydrogen-bond acceptors (Lipinski definition) is 9. The summed E-state index contributed by atoms with van der Waals surface area (Å²) in [5.74, 6) is 1.35. The Morgan fingerprint density at radius 3 is 2.11 bits per heavy atom. The number of methoxy groups -OCH3 is 2. The van der Waals surface area contributed by atoms with Gasteiger partial charge in [0.25, 0.3) is 5.69 Å². The van der Waals surface area contributed by atoms with Crippen molar-refractivity contribution < 1.29 is 37.9 Å². The number of hydrogen-bond donors (Lipinski definition) is 1. The van der Waals surface area contributed by atoms with Gasteiger partial charge in [-0.15, -0.1) is 9.42 Å². The van der Waals surface area contributed by atoms with Gasteiger partial charge in [0.1, 0.15) is 35.5 Å². The number of nitro benzene ring substituents is 1. The van der Waals surface area contributed by atoms with Gasteiger partial charge in [-0.05, 0) is 47.0 Å². The van der Waals surface area contributed by atoms with E-state index in [-0.39, 0.29) is 24.2 Å². The minimum absolute atomic E-state index is 0.0515. The van der Waals surface area contributed by atoms with E-state index in [1.807, 2.05) is 78.9 Å². The maximum Gasteiger partial charge on any atom is 0.695 e.